The number of ether oxygens (including phenoxy) is 1. The lowest BCUT2D eigenvalue weighted by atomic mass is 10.0. The zero-order chi connectivity index (χ0) is 15.4. The summed E-state index contributed by atoms with van der Waals surface area (Å²) in [7, 11) is 0. The minimum absolute atomic E-state index is 0.0384. The molecule has 1 saturated heterocycles. The van der Waals surface area contributed by atoms with Crippen molar-refractivity contribution in [2.75, 3.05) is 19.8 Å². The third-order valence-electron chi connectivity index (χ3n) is 4.06. The van der Waals surface area contributed by atoms with Crippen molar-refractivity contribution in [2.24, 2.45) is 0 Å². The van der Waals surface area contributed by atoms with E-state index in [0.29, 0.717) is 19.8 Å². The molecule has 1 heterocycles. The maximum absolute atomic E-state index is 12.5. The number of benzene rings is 1. The van der Waals surface area contributed by atoms with Crippen LogP contribution < -0.4 is 5.32 Å². The van der Waals surface area contributed by atoms with Crippen molar-refractivity contribution in [1.29, 1.82) is 0 Å². The molecule has 2 rings (SSSR count). The van der Waals surface area contributed by atoms with Gasteiger partial charge in [0.15, 0.2) is 0 Å². The SMILES string of the molecule is CCOCCN1C(=O)C(CC)NC1c1ccc(C)cc1C. The van der Waals surface area contributed by atoms with Gasteiger partial charge in [-0.3, -0.25) is 10.1 Å². The summed E-state index contributed by atoms with van der Waals surface area (Å²) >= 11 is 0. The van der Waals surface area contributed by atoms with Crippen LogP contribution in [0.4, 0.5) is 0 Å². The maximum Gasteiger partial charge on any atom is 0.241 e. The Morgan fingerprint density at radius 2 is 2.05 bits per heavy atom. The van der Waals surface area contributed by atoms with Gasteiger partial charge in [0.1, 0.15) is 6.17 Å². The molecule has 2 atom stereocenters. The molecule has 1 aliphatic heterocycles. The molecule has 0 aromatic heterocycles. The van der Waals surface area contributed by atoms with Gasteiger partial charge in [0.05, 0.1) is 12.6 Å². The quantitative estimate of drug-likeness (QED) is 0.819. The van der Waals surface area contributed by atoms with Gasteiger partial charge in [-0.1, -0.05) is 30.7 Å². The highest BCUT2D eigenvalue weighted by atomic mass is 16.5. The Labute approximate surface area is 127 Å². The van der Waals surface area contributed by atoms with Crippen LogP contribution in [0.15, 0.2) is 18.2 Å². The molecule has 0 spiro atoms. The number of hydrogen-bond acceptors (Lipinski definition) is 3. The van der Waals surface area contributed by atoms with Crippen molar-refractivity contribution in [3.63, 3.8) is 0 Å². The van der Waals surface area contributed by atoms with E-state index >= 15 is 0 Å². The van der Waals surface area contributed by atoms with E-state index in [2.05, 4.69) is 37.4 Å². The summed E-state index contributed by atoms with van der Waals surface area (Å²) in [5.74, 6) is 0.183. The Balaban J connectivity index is 2.23. The molecule has 0 radical (unpaired) electrons. The molecule has 0 saturated carbocycles. The first-order valence-corrected chi connectivity index (χ1v) is 7.79. The summed E-state index contributed by atoms with van der Waals surface area (Å²) in [6.45, 7) is 10.1. The first kappa shape index (κ1) is 16.0. The third-order valence-corrected chi connectivity index (χ3v) is 4.06. The van der Waals surface area contributed by atoms with E-state index in [4.69, 9.17) is 4.74 Å². The molecule has 1 amide bonds. The summed E-state index contributed by atoms with van der Waals surface area (Å²) in [5, 5.41) is 3.46. The van der Waals surface area contributed by atoms with Gasteiger partial charge in [-0.15, -0.1) is 0 Å². The minimum Gasteiger partial charge on any atom is -0.380 e. The average Bonchev–Trinajstić information content (AvgIpc) is 2.76. The monoisotopic (exact) mass is 290 g/mol. The van der Waals surface area contributed by atoms with Gasteiger partial charge in [0, 0.05) is 13.2 Å². The standard InChI is InChI=1S/C17H26N2O2/c1-5-15-17(20)19(9-10-21-6-2)16(18-15)14-8-7-12(3)11-13(14)4/h7-8,11,15-16,18H,5-6,9-10H2,1-4H3. The predicted molar refractivity (Wildman–Crippen MR) is 84.1 cm³/mol. The van der Waals surface area contributed by atoms with Crippen molar-refractivity contribution >= 4 is 5.91 Å². The Hall–Kier alpha value is -1.39. The summed E-state index contributed by atoms with van der Waals surface area (Å²) in [5.41, 5.74) is 3.65. The average molecular weight is 290 g/mol. The van der Waals surface area contributed by atoms with Gasteiger partial charge in [0.2, 0.25) is 5.91 Å². The Morgan fingerprint density at radius 3 is 2.67 bits per heavy atom. The molecule has 1 fully saturated rings. The molecule has 116 valence electrons. The van der Waals surface area contributed by atoms with E-state index < -0.39 is 0 Å². The van der Waals surface area contributed by atoms with E-state index in [1.165, 1.54) is 16.7 Å². The minimum atomic E-state index is -0.0858. The predicted octanol–water partition coefficient (Wildman–Crippen LogP) is 2.55. The molecule has 21 heavy (non-hydrogen) atoms. The second-order valence-electron chi connectivity index (χ2n) is 5.62. The van der Waals surface area contributed by atoms with Crippen molar-refractivity contribution < 1.29 is 9.53 Å². The topological polar surface area (TPSA) is 41.6 Å². The molecule has 2 unspecified atom stereocenters. The molecule has 4 nitrogen and oxygen atoms in total. The lowest BCUT2D eigenvalue weighted by molar-refractivity contribution is -0.130. The van der Waals surface area contributed by atoms with Gasteiger partial charge in [-0.2, -0.15) is 0 Å². The van der Waals surface area contributed by atoms with Gasteiger partial charge in [-0.25, -0.2) is 0 Å². The summed E-state index contributed by atoms with van der Waals surface area (Å²) in [4.78, 5) is 14.4. The third kappa shape index (κ3) is 3.44. The number of rotatable bonds is 6. The normalized spacial score (nSPS) is 22.1. The maximum atomic E-state index is 12.5. The fraction of sp³-hybridized carbons (Fsp3) is 0.588. The largest absolute Gasteiger partial charge is 0.380 e. The van der Waals surface area contributed by atoms with Gasteiger partial charge in [-0.05, 0) is 38.3 Å². The van der Waals surface area contributed by atoms with E-state index in [9.17, 15) is 4.79 Å². The zero-order valence-corrected chi connectivity index (χ0v) is 13.5. The second kappa shape index (κ2) is 7.05. The smallest absolute Gasteiger partial charge is 0.241 e. The van der Waals surface area contributed by atoms with Crippen LogP contribution in [0.25, 0.3) is 0 Å². The highest BCUT2D eigenvalue weighted by Gasteiger charge is 2.38. The first-order chi connectivity index (χ1) is 10.1. The Morgan fingerprint density at radius 1 is 1.29 bits per heavy atom. The number of carbonyl (C=O) groups excluding carboxylic acids is 1. The van der Waals surface area contributed by atoms with Crippen LogP contribution in [0.5, 0.6) is 0 Å². The molecule has 1 aliphatic rings. The summed E-state index contributed by atoms with van der Waals surface area (Å²) < 4.78 is 5.42. The van der Waals surface area contributed by atoms with Gasteiger partial charge < -0.3 is 9.64 Å². The molecular weight excluding hydrogens is 264 g/mol. The van der Waals surface area contributed by atoms with E-state index in [0.717, 1.165) is 6.42 Å². The molecule has 1 N–H and O–H groups in total. The molecule has 0 bridgehead atoms. The Kier molecular flexibility index (Phi) is 5.37. The number of nitrogens with one attached hydrogen (secondary N) is 1. The van der Waals surface area contributed by atoms with Crippen LogP contribution in [0.2, 0.25) is 0 Å². The van der Waals surface area contributed by atoms with Crippen molar-refractivity contribution in [2.45, 2.75) is 46.3 Å². The van der Waals surface area contributed by atoms with Crippen LogP contribution in [0.3, 0.4) is 0 Å². The van der Waals surface area contributed by atoms with Crippen LogP contribution in [0, 0.1) is 13.8 Å². The second-order valence-corrected chi connectivity index (χ2v) is 5.62. The molecule has 1 aromatic rings. The van der Waals surface area contributed by atoms with Gasteiger partial charge >= 0.3 is 0 Å². The Bertz CT molecular complexity index is 502. The number of amides is 1. The fourth-order valence-electron chi connectivity index (χ4n) is 2.91. The van der Waals surface area contributed by atoms with E-state index in [1.54, 1.807) is 0 Å². The molecule has 0 aliphatic carbocycles. The molecule has 1 aromatic carbocycles. The lowest BCUT2D eigenvalue weighted by Gasteiger charge is -2.26. The summed E-state index contributed by atoms with van der Waals surface area (Å²) in [6.07, 6.45) is 0.772. The van der Waals surface area contributed by atoms with Gasteiger partial charge in [0.25, 0.3) is 0 Å². The van der Waals surface area contributed by atoms with Crippen molar-refractivity contribution in [3.8, 4) is 0 Å². The fourth-order valence-corrected chi connectivity index (χ4v) is 2.91. The number of nitrogens with zero attached hydrogens (tertiary/aromatic N) is 1. The zero-order valence-electron chi connectivity index (χ0n) is 13.5. The van der Waals surface area contributed by atoms with E-state index in [-0.39, 0.29) is 18.1 Å². The van der Waals surface area contributed by atoms with Crippen LogP contribution in [-0.2, 0) is 9.53 Å². The number of aryl methyl sites for hydroxylation is 2. The summed E-state index contributed by atoms with van der Waals surface area (Å²) in [6, 6.07) is 6.31. The van der Waals surface area contributed by atoms with Crippen molar-refractivity contribution in [1.82, 2.24) is 10.2 Å². The molecule has 4 heteroatoms. The van der Waals surface area contributed by atoms with Crippen LogP contribution >= 0.6 is 0 Å². The number of hydrogen-bond donors (Lipinski definition) is 1. The van der Waals surface area contributed by atoms with Crippen LogP contribution in [0.1, 0.15) is 43.1 Å². The first-order valence-electron chi connectivity index (χ1n) is 7.79. The lowest BCUT2D eigenvalue weighted by Crippen LogP contribution is -2.34. The van der Waals surface area contributed by atoms with E-state index in [1.807, 2.05) is 18.7 Å². The van der Waals surface area contributed by atoms with Crippen LogP contribution in [-0.4, -0.2) is 36.6 Å². The highest BCUT2D eigenvalue weighted by molar-refractivity contribution is 5.84. The number of carbonyl (C=O) groups is 1. The highest BCUT2D eigenvalue weighted by Crippen LogP contribution is 2.28. The molecular formula is C17H26N2O2. The van der Waals surface area contributed by atoms with Crippen molar-refractivity contribution in [3.05, 3.63) is 34.9 Å².